The number of aliphatic imine (C=N–C) groups is 1. The van der Waals surface area contributed by atoms with Gasteiger partial charge < -0.3 is 24.5 Å². The van der Waals surface area contributed by atoms with E-state index in [1.54, 1.807) is 20.5 Å². The van der Waals surface area contributed by atoms with Crippen LogP contribution in [0.1, 0.15) is 11.3 Å². The molecule has 1 aromatic heterocycles. The average molecular weight is 331 g/mol. The third kappa shape index (κ3) is 6.34. The first-order valence-electron chi connectivity index (χ1n) is 7.98. The van der Waals surface area contributed by atoms with Crippen LogP contribution in [0.15, 0.2) is 52.1 Å². The lowest BCUT2D eigenvalue weighted by Crippen LogP contribution is -2.40. The van der Waals surface area contributed by atoms with Crippen molar-refractivity contribution in [1.29, 1.82) is 0 Å². The summed E-state index contributed by atoms with van der Waals surface area (Å²) in [6, 6.07) is 11.8. The molecule has 0 amide bonds. The molecule has 0 saturated carbocycles. The van der Waals surface area contributed by atoms with Crippen molar-refractivity contribution in [3.8, 4) is 5.75 Å². The maximum atomic E-state index is 5.33. The lowest BCUT2D eigenvalue weighted by Gasteiger charge is -2.12. The Morgan fingerprint density at radius 3 is 2.75 bits per heavy atom. The Hall–Kier alpha value is -2.47. The van der Waals surface area contributed by atoms with Gasteiger partial charge in [-0.1, -0.05) is 12.1 Å². The molecule has 24 heavy (non-hydrogen) atoms. The minimum Gasteiger partial charge on any atom is -0.497 e. The first-order chi connectivity index (χ1) is 11.8. The van der Waals surface area contributed by atoms with Crippen molar-refractivity contribution in [2.75, 3.05) is 33.9 Å². The predicted molar refractivity (Wildman–Crippen MR) is 94.4 cm³/mol. The van der Waals surface area contributed by atoms with Crippen molar-refractivity contribution < 1.29 is 13.9 Å². The Morgan fingerprint density at radius 1 is 1.12 bits per heavy atom. The third-order valence-electron chi connectivity index (χ3n) is 3.40. The van der Waals surface area contributed by atoms with Crippen LogP contribution in [0.4, 0.5) is 0 Å². The molecule has 0 aliphatic rings. The minimum absolute atomic E-state index is 0.570. The average Bonchev–Trinajstić information content (AvgIpc) is 3.13. The number of ether oxygens (including phenoxy) is 2. The molecular formula is C18H25N3O3. The van der Waals surface area contributed by atoms with E-state index in [9.17, 15) is 0 Å². The number of hydrogen-bond donors (Lipinski definition) is 2. The van der Waals surface area contributed by atoms with E-state index in [2.05, 4.69) is 15.6 Å². The van der Waals surface area contributed by atoms with Gasteiger partial charge >= 0.3 is 0 Å². The maximum absolute atomic E-state index is 5.33. The zero-order valence-corrected chi connectivity index (χ0v) is 14.2. The molecular weight excluding hydrogens is 306 g/mol. The number of methoxy groups -OCH3 is 2. The molecule has 1 heterocycles. The zero-order valence-electron chi connectivity index (χ0n) is 14.2. The van der Waals surface area contributed by atoms with E-state index >= 15 is 0 Å². The molecule has 0 aliphatic heterocycles. The number of guanidine groups is 1. The number of furan rings is 1. The summed E-state index contributed by atoms with van der Waals surface area (Å²) in [7, 11) is 3.34. The van der Waals surface area contributed by atoms with Crippen molar-refractivity contribution in [3.63, 3.8) is 0 Å². The van der Waals surface area contributed by atoms with E-state index in [1.165, 1.54) is 0 Å². The third-order valence-corrected chi connectivity index (χ3v) is 3.40. The fraction of sp³-hybridized carbons (Fsp3) is 0.389. The van der Waals surface area contributed by atoms with E-state index in [-0.39, 0.29) is 0 Å². The van der Waals surface area contributed by atoms with Crippen LogP contribution < -0.4 is 15.4 Å². The van der Waals surface area contributed by atoms with Gasteiger partial charge in [0, 0.05) is 26.6 Å². The van der Waals surface area contributed by atoms with Crippen molar-refractivity contribution in [1.82, 2.24) is 10.6 Å². The van der Waals surface area contributed by atoms with Gasteiger partial charge in [0.1, 0.15) is 11.5 Å². The summed E-state index contributed by atoms with van der Waals surface area (Å²) in [5.74, 6) is 2.54. The van der Waals surface area contributed by atoms with Crippen molar-refractivity contribution in [2.45, 2.75) is 13.0 Å². The van der Waals surface area contributed by atoms with Gasteiger partial charge in [0.2, 0.25) is 0 Å². The van der Waals surface area contributed by atoms with Crippen LogP contribution in [0.5, 0.6) is 5.75 Å². The Balaban J connectivity index is 1.89. The molecule has 0 atom stereocenters. The molecule has 0 radical (unpaired) electrons. The standard InChI is InChI=1S/C18H25N3O3/c1-22-12-10-20-18(19-9-8-16-7-4-11-24-16)21-14-15-5-3-6-17(13-15)23-2/h3-7,11,13H,8-10,12,14H2,1-2H3,(H2,19,20,21). The monoisotopic (exact) mass is 331 g/mol. The second-order valence-corrected chi connectivity index (χ2v) is 5.19. The van der Waals surface area contributed by atoms with Crippen LogP contribution >= 0.6 is 0 Å². The van der Waals surface area contributed by atoms with Gasteiger partial charge in [-0.25, -0.2) is 4.99 Å². The van der Waals surface area contributed by atoms with Gasteiger partial charge in [-0.2, -0.15) is 0 Å². The quantitative estimate of drug-likeness (QED) is 0.419. The predicted octanol–water partition coefficient (Wildman–Crippen LogP) is 2.21. The van der Waals surface area contributed by atoms with Crippen LogP contribution in [-0.2, 0) is 17.7 Å². The minimum atomic E-state index is 0.570. The summed E-state index contributed by atoms with van der Waals surface area (Å²) in [6.07, 6.45) is 2.49. The van der Waals surface area contributed by atoms with Crippen molar-refractivity contribution in [3.05, 3.63) is 54.0 Å². The van der Waals surface area contributed by atoms with Crippen LogP contribution in [0.25, 0.3) is 0 Å². The van der Waals surface area contributed by atoms with E-state index in [1.807, 2.05) is 36.4 Å². The maximum Gasteiger partial charge on any atom is 0.191 e. The highest BCUT2D eigenvalue weighted by Crippen LogP contribution is 2.13. The molecule has 1 aromatic carbocycles. The van der Waals surface area contributed by atoms with Gasteiger partial charge in [0.25, 0.3) is 0 Å². The largest absolute Gasteiger partial charge is 0.497 e. The second-order valence-electron chi connectivity index (χ2n) is 5.19. The molecule has 0 saturated heterocycles. The van der Waals surface area contributed by atoms with E-state index in [0.29, 0.717) is 19.7 Å². The van der Waals surface area contributed by atoms with Gasteiger partial charge in [0.05, 0.1) is 26.5 Å². The first-order valence-corrected chi connectivity index (χ1v) is 7.98. The summed E-state index contributed by atoms with van der Waals surface area (Å²) in [5.41, 5.74) is 1.09. The zero-order chi connectivity index (χ0) is 17.0. The smallest absolute Gasteiger partial charge is 0.191 e. The van der Waals surface area contributed by atoms with E-state index < -0.39 is 0 Å². The molecule has 130 valence electrons. The van der Waals surface area contributed by atoms with Crippen LogP contribution in [0.2, 0.25) is 0 Å². The highest BCUT2D eigenvalue weighted by Gasteiger charge is 2.01. The normalized spacial score (nSPS) is 11.3. The number of hydrogen-bond acceptors (Lipinski definition) is 4. The van der Waals surface area contributed by atoms with Crippen LogP contribution in [0.3, 0.4) is 0 Å². The van der Waals surface area contributed by atoms with Gasteiger partial charge in [-0.3, -0.25) is 0 Å². The molecule has 0 unspecified atom stereocenters. The Bertz CT molecular complexity index is 612. The number of nitrogens with zero attached hydrogens (tertiary/aromatic N) is 1. The summed E-state index contributed by atoms with van der Waals surface area (Å²) in [5, 5.41) is 6.56. The van der Waals surface area contributed by atoms with Crippen LogP contribution in [0, 0.1) is 0 Å². The van der Waals surface area contributed by atoms with E-state index in [4.69, 9.17) is 13.9 Å². The lowest BCUT2D eigenvalue weighted by molar-refractivity contribution is 0.203. The molecule has 2 N–H and O–H groups in total. The Kier molecular flexibility index (Phi) is 7.70. The highest BCUT2D eigenvalue weighted by molar-refractivity contribution is 5.79. The molecule has 6 nitrogen and oxygen atoms in total. The molecule has 0 bridgehead atoms. The first kappa shape index (κ1) is 17.9. The lowest BCUT2D eigenvalue weighted by atomic mass is 10.2. The Morgan fingerprint density at radius 2 is 2.00 bits per heavy atom. The summed E-state index contributed by atoms with van der Waals surface area (Å²) in [6.45, 7) is 2.63. The highest BCUT2D eigenvalue weighted by atomic mass is 16.5. The molecule has 2 aromatic rings. The molecule has 0 aliphatic carbocycles. The van der Waals surface area contributed by atoms with Crippen LogP contribution in [-0.4, -0.2) is 39.9 Å². The molecule has 6 heteroatoms. The fourth-order valence-corrected chi connectivity index (χ4v) is 2.15. The SMILES string of the molecule is COCCNC(=NCc1cccc(OC)c1)NCCc1ccco1. The summed E-state index contributed by atoms with van der Waals surface area (Å²) in [4.78, 5) is 4.61. The number of benzene rings is 1. The van der Waals surface area contributed by atoms with E-state index in [0.717, 1.165) is 36.0 Å². The summed E-state index contributed by atoms with van der Waals surface area (Å²) < 4.78 is 15.6. The number of rotatable bonds is 9. The summed E-state index contributed by atoms with van der Waals surface area (Å²) >= 11 is 0. The van der Waals surface area contributed by atoms with Crippen molar-refractivity contribution >= 4 is 5.96 Å². The van der Waals surface area contributed by atoms with Gasteiger partial charge in [0.15, 0.2) is 5.96 Å². The topological polar surface area (TPSA) is 68.0 Å². The van der Waals surface area contributed by atoms with Gasteiger partial charge in [-0.05, 0) is 29.8 Å². The second kappa shape index (κ2) is 10.3. The van der Waals surface area contributed by atoms with Crippen molar-refractivity contribution in [2.24, 2.45) is 4.99 Å². The number of nitrogens with one attached hydrogen (secondary N) is 2. The molecule has 0 spiro atoms. The Labute approximate surface area is 142 Å². The molecule has 2 rings (SSSR count). The fourth-order valence-electron chi connectivity index (χ4n) is 2.15. The molecule has 0 fully saturated rings. The van der Waals surface area contributed by atoms with Gasteiger partial charge in [-0.15, -0.1) is 0 Å².